The van der Waals surface area contributed by atoms with E-state index in [1.54, 1.807) is 5.32 Å². The van der Waals surface area contributed by atoms with Gasteiger partial charge in [0.25, 0.3) is 5.91 Å². The van der Waals surface area contributed by atoms with Crippen LogP contribution in [0.3, 0.4) is 0 Å². The minimum Gasteiger partial charge on any atom is -0.463 e. The molecule has 0 radical (unpaired) electrons. The number of anilines is 1. The summed E-state index contributed by atoms with van der Waals surface area (Å²) >= 11 is 0. The van der Waals surface area contributed by atoms with Crippen LogP contribution >= 0.6 is 0 Å². The Morgan fingerprint density at radius 3 is 2.36 bits per heavy atom. The van der Waals surface area contributed by atoms with Gasteiger partial charge < -0.3 is 15.4 Å². The van der Waals surface area contributed by atoms with E-state index in [2.05, 4.69) is 9.72 Å². The summed E-state index contributed by atoms with van der Waals surface area (Å²) < 4.78 is 60.4. The first-order valence-electron chi connectivity index (χ1n) is 8.13. The van der Waals surface area contributed by atoms with Gasteiger partial charge in [0.15, 0.2) is 0 Å². The quantitative estimate of drug-likeness (QED) is 0.443. The molecule has 10 heteroatoms. The number of aryl methyl sites for hydroxylation is 1. The number of benzene rings is 1. The second-order valence-electron chi connectivity index (χ2n) is 5.69. The van der Waals surface area contributed by atoms with Crippen LogP contribution in [0.1, 0.15) is 23.0 Å². The number of carbonyl (C=O) groups is 2. The van der Waals surface area contributed by atoms with E-state index >= 15 is 0 Å². The lowest BCUT2D eigenvalue weighted by molar-refractivity contribution is -0.204. The molecule has 28 heavy (non-hydrogen) atoms. The number of nitrogens with zero attached hydrogens (tertiary/aromatic N) is 1. The standard InChI is InChI=1S/C18H17F4N3O3/c1-3-28-16(27)17(18(20,21)22,24-14-10-6-7-11(2)23-14)25-15(26)12-8-4-5-9-13(12)19/h4-10H,3H2,1-2H3,(H,23,24)(H,25,26)/t17-/m0/s1. The molecular formula is C18H17F4N3O3. The van der Waals surface area contributed by atoms with Gasteiger partial charge in [0.1, 0.15) is 11.6 Å². The fourth-order valence-corrected chi connectivity index (χ4v) is 2.32. The van der Waals surface area contributed by atoms with Gasteiger partial charge in [0.05, 0.1) is 12.2 Å². The average Bonchev–Trinajstić information content (AvgIpc) is 2.60. The molecule has 0 fully saturated rings. The zero-order valence-corrected chi connectivity index (χ0v) is 14.9. The van der Waals surface area contributed by atoms with Crippen LogP contribution in [-0.2, 0) is 9.53 Å². The number of pyridine rings is 1. The number of ether oxygens (including phenoxy) is 1. The van der Waals surface area contributed by atoms with Crippen LogP contribution in [-0.4, -0.2) is 35.3 Å². The number of alkyl halides is 3. The van der Waals surface area contributed by atoms with E-state index in [1.807, 2.05) is 5.32 Å². The number of esters is 1. The lowest BCUT2D eigenvalue weighted by atomic mass is 10.1. The SMILES string of the molecule is CCOC(=O)[C@@](NC(=O)c1ccccc1F)(Nc1cccc(C)n1)C(F)(F)F. The molecule has 150 valence electrons. The van der Waals surface area contributed by atoms with Gasteiger partial charge in [-0.15, -0.1) is 0 Å². The third-order valence-corrected chi connectivity index (χ3v) is 3.63. The number of rotatable bonds is 6. The Bertz CT molecular complexity index is 873. The van der Waals surface area contributed by atoms with Crippen molar-refractivity contribution >= 4 is 17.7 Å². The van der Waals surface area contributed by atoms with Crippen LogP contribution in [0, 0.1) is 12.7 Å². The predicted molar refractivity (Wildman–Crippen MR) is 91.9 cm³/mol. The molecule has 2 rings (SSSR count). The van der Waals surface area contributed by atoms with Crippen LogP contribution in [0.2, 0.25) is 0 Å². The van der Waals surface area contributed by atoms with Crippen molar-refractivity contribution in [2.45, 2.75) is 25.7 Å². The number of amides is 1. The smallest absolute Gasteiger partial charge is 0.441 e. The molecule has 1 aromatic heterocycles. The predicted octanol–water partition coefficient (Wildman–Crippen LogP) is 3.19. The molecule has 1 atom stereocenters. The summed E-state index contributed by atoms with van der Waals surface area (Å²) in [6.45, 7) is 2.46. The second kappa shape index (κ2) is 8.24. The van der Waals surface area contributed by atoms with Crippen LogP contribution in [0.25, 0.3) is 0 Å². The van der Waals surface area contributed by atoms with Gasteiger partial charge in [0.2, 0.25) is 0 Å². The Labute approximate surface area is 157 Å². The molecule has 2 N–H and O–H groups in total. The third kappa shape index (κ3) is 4.38. The van der Waals surface area contributed by atoms with Crippen molar-refractivity contribution in [1.82, 2.24) is 10.3 Å². The van der Waals surface area contributed by atoms with Crippen molar-refractivity contribution in [3.05, 3.63) is 59.5 Å². The van der Waals surface area contributed by atoms with Gasteiger partial charge >= 0.3 is 17.8 Å². The Morgan fingerprint density at radius 2 is 1.79 bits per heavy atom. The first-order valence-corrected chi connectivity index (χ1v) is 8.13. The van der Waals surface area contributed by atoms with Gasteiger partial charge in [-0.2, -0.15) is 13.2 Å². The van der Waals surface area contributed by atoms with Gasteiger partial charge in [-0.25, -0.2) is 14.2 Å². The minimum absolute atomic E-state index is 0.334. The van der Waals surface area contributed by atoms with E-state index in [9.17, 15) is 27.2 Å². The summed E-state index contributed by atoms with van der Waals surface area (Å²) in [5.41, 5.74) is -3.98. The zero-order chi connectivity index (χ0) is 20.9. The van der Waals surface area contributed by atoms with Crippen molar-refractivity contribution in [3.63, 3.8) is 0 Å². The van der Waals surface area contributed by atoms with Gasteiger partial charge in [0, 0.05) is 5.69 Å². The minimum atomic E-state index is -5.34. The molecule has 6 nitrogen and oxygen atoms in total. The monoisotopic (exact) mass is 399 g/mol. The first-order chi connectivity index (χ1) is 13.1. The lowest BCUT2D eigenvalue weighted by Crippen LogP contribution is -2.69. The molecule has 0 unspecified atom stereocenters. The third-order valence-electron chi connectivity index (χ3n) is 3.63. The van der Waals surface area contributed by atoms with Crippen molar-refractivity contribution in [2.75, 3.05) is 11.9 Å². The Kier molecular flexibility index (Phi) is 6.22. The molecule has 0 spiro atoms. The van der Waals surface area contributed by atoms with Crippen molar-refractivity contribution < 1.29 is 31.9 Å². The fraction of sp³-hybridized carbons (Fsp3) is 0.278. The number of carbonyl (C=O) groups excluding carboxylic acids is 2. The highest BCUT2D eigenvalue weighted by Crippen LogP contribution is 2.33. The summed E-state index contributed by atoms with van der Waals surface area (Å²) in [6.07, 6.45) is -5.34. The highest BCUT2D eigenvalue weighted by Gasteiger charge is 2.64. The summed E-state index contributed by atoms with van der Waals surface area (Å²) in [5.74, 6) is -4.65. The highest BCUT2D eigenvalue weighted by molar-refractivity contribution is 5.99. The maximum Gasteiger partial charge on any atom is 0.441 e. The largest absolute Gasteiger partial charge is 0.463 e. The molecule has 2 aromatic rings. The summed E-state index contributed by atoms with van der Waals surface area (Å²) in [4.78, 5) is 28.6. The van der Waals surface area contributed by atoms with E-state index in [0.717, 1.165) is 12.1 Å². The lowest BCUT2D eigenvalue weighted by Gasteiger charge is -2.35. The molecular weight excluding hydrogens is 382 g/mol. The Hall–Kier alpha value is -3.17. The number of hydrogen-bond acceptors (Lipinski definition) is 5. The van der Waals surface area contributed by atoms with Crippen molar-refractivity contribution in [3.8, 4) is 0 Å². The molecule has 1 aromatic carbocycles. The molecule has 0 aliphatic heterocycles. The van der Waals surface area contributed by atoms with E-state index in [4.69, 9.17) is 0 Å². The Morgan fingerprint density at radius 1 is 1.11 bits per heavy atom. The first kappa shape index (κ1) is 21.1. The number of nitrogens with one attached hydrogen (secondary N) is 2. The van der Waals surface area contributed by atoms with Crippen LogP contribution in [0.5, 0.6) is 0 Å². The summed E-state index contributed by atoms with van der Waals surface area (Å²) in [6, 6.07) is 8.56. The van der Waals surface area contributed by atoms with E-state index in [1.165, 1.54) is 44.2 Å². The van der Waals surface area contributed by atoms with E-state index in [-0.39, 0.29) is 12.4 Å². The second-order valence-corrected chi connectivity index (χ2v) is 5.69. The van der Waals surface area contributed by atoms with E-state index in [0.29, 0.717) is 5.69 Å². The average molecular weight is 399 g/mol. The maximum absolute atomic E-state index is 14.0. The zero-order valence-electron chi connectivity index (χ0n) is 14.9. The molecule has 0 aliphatic rings. The van der Waals surface area contributed by atoms with Crippen LogP contribution in [0.4, 0.5) is 23.4 Å². The Balaban J connectivity index is 2.54. The summed E-state index contributed by atoms with van der Waals surface area (Å²) in [7, 11) is 0. The van der Waals surface area contributed by atoms with E-state index < -0.39 is 35.1 Å². The van der Waals surface area contributed by atoms with Gasteiger partial charge in [-0.1, -0.05) is 18.2 Å². The number of hydrogen-bond donors (Lipinski definition) is 2. The molecule has 0 bridgehead atoms. The molecule has 0 aliphatic carbocycles. The molecule has 0 saturated heterocycles. The van der Waals surface area contributed by atoms with Crippen LogP contribution in [0.15, 0.2) is 42.5 Å². The molecule has 0 saturated carbocycles. The van der Waals surface area contributed by atoms with Crippen molar-refractivity contribution in [1.29, 1.82) is 0 Å². The van der Waals surface area contributed by atoms with Crippen LogP contribution < -0.4 is 10.6 Å². The highest BCUT2D eigenvalue weighted by atomic mass is 19.4. The van der Waals surface area contributed by atoms with Crippen molar-refractivity contribution in [2.24, 2.45) is 0 Å². The number of halogens is 4. The molecule has 1 amide bonds. The maximum atomic E-state index is 14.0. The summed E-state index contributed by atoms with van der Waals surface area (Å²) in [5, 5.41) is 3.46. The molecule has 1 heterocycles. The van der Waals surface area contributed by atoms with Gasteiger partial charge in [-0.3, -0.25) is 4.79 Å². The normalized spacial score (nSPS) is 13.4. The van der Waals surface area contributed by atoms with Gasteiger partial charge in [-0.05, 0) is 38.1 Å². The number of aromatic nitrogens is 1. The fourth-order valence-electron chi connectivity index (χ4n) is 2.32. The topological polar surface area (TPSA) is 80.3 Å².